The fourth-order valence-corrected chi connectivity index (χ4v) is 12.3. The molecule has 0 saturated heterocycles. The maximum atomic E-state index is 2.54. The molecule has 10 aromatic carbocycles. The molecule has 0 atom stereocenters. The Kier molecular flexibility index (Phi) is 7.12. The summed E-state index contributed by atoms with van der Waals surface area (Å²) in [4.78, 5) is 2.53. The minimum absolute atomic E-state index is 0.141. The zero-order valence-corrected chi connectivity index (χ0v) is 35.5. The van der Waals surface area contributed by atoms with Gasteiger partial charge in [0.2, 0.25) is 0 Å². The van der Waals surface area contributed by atoms with E-state index in [2.05, 4.69) is 233 Å². The van der Waals surface area contributed by atoms with Crippen LogP contribution in [0.15, 0.2) is 200 Å². The van der Waals surface area contributed by atoms with Gasteiger partial charge in [0.1, 0.15) is 0 Å². The Balaban J connectivity index is 1.11. The van der Waals surface area contributed by atoms with E-state index in [0.29, 0.717) is 0 Å². The van der Waals surface area contributed by atoms with Gasteiger partial charge in [0, 0.05) is 27.9 Å². The van der Waals surface area contributed by atoms with Crippen molar-refractivity contribution in [3.8, 4) is 22.3 Å². The number of anilines is 3. The smallest absolute Gasteiger partial charge is 0.0720 e. The van der Waals surface area contributed by atoms with Gasteiger partial charge in [-0.1, -0.05) is 191 Å². The van der Waals surface area contributed by atoms with Gasteiger partial charge in [-0.25, -0.2) is 0 Å². The van der Waals surface area contributed by atoms with Crippen LogP contribution in [0.25, 0.3) is 54.6 Å². The van der Waals surface area contributed by atoms with E-state index in [-0.39, 0.29) is 10.8 Å². The van der Waals surface area contributed by atoms with Crippen molar-refractivity contribution in [1.29, 1.82) is 0 Å². The molecular formula is C61H45N. The quantitative estimate of drug-likeness (QED) is 0.161. The molecule has 1 heteroatoms. The van der Waals surface area contributed by atoms with Crippen molar-refractivity contribution in [1.82, 2.24) is 0 Å². The number of nitrogens with zero attached hydrogens (tertiary/aromatic N) is 1. The summed E-state index contributed by atoms with van der Waals surface area (Å²) >= 11 is 0. The molecule has 0 amide bonds. The summed E-state index contributed by atoms with van der Waals surface area (Å²) in [5, 5.41) is 7.67. The molecule has 0 bridgehead atoms. The second kappa shape index (κ2) is 12.4. The first-order valence-corrected chi connectivity index (χ1v) is 22.1. The maximum Gasteiger partial charge on any atom is 0.0720 e. The Morgan fingerprint density at radius 2 is 0.613 bits per heavy atom. The minimum Gasteiger partial charge on any atom is -0.310 e. The number of rotatable bonds is 3. The lowest BCUT2D eigenvalue weighted by Gasteiger charge is -2.46. The highest BCUT2D eigenvalue weighted by Crippen LogP contribution is 2.63. The van der Waals surface area contributed by atoms with E-state index < -0.39 is 5.41 Å². The third kappa shape index (κ3) is 4.48. The summed E-state index contributed by atoms with van der Waals surface area (Å²) in [6.07, 6.45) is 0. The van der Waals surface area contributed by atoms with E-state index in [1.165, 1.54) is 99.1 Å². The first kappa shape index (κ1) is 35.5. The Morgan fingerprint density at radius 1 is 0.258 bits per heavy atom. The van der Waals surface area contributed by atoms with Gasteiger partial charge in [-0.05, 0) is 135 Å². The summed E-state index contributed by atoms with van der Waals surface area (Å²) in [7, 11) is 0. The fraction of sp³-hybridized carbons (Fsp3) is 0.115. The highest BCUT2D eigenvalue weighted by molar-refractivity contribution is 6.25. The predicted octanol–water partition coefficient (Wildman–Crippen LogP) is 15.9. The topological polar surface area (TPSA) is 3.24 Å². The summed E-state index contributed by atoms with van der Waals surface area (Å²) < 4.78 is 0. The van der Waals surface area contributed by atoms with Crippen LogP contribution < -0.4 is 4.90 Å². The largest absolute Gasteiger partial charge is 0.310 e. The number of hydrogen-bond acceptors (Lipinski definition) is 1. The number of hydrogen-bond donors (Lipinski definition) is 0. The molecule has 0 heterocycles. The maximum absolute atomic E-state index is 2.54. The van der Waals surface area contributed by atoms with Crippen LogP contribution in [0.3, 0.4) is 0 Å². The molecule has 0 fully saturated rings. The number of fused-ring (bicyclic) bond motifs is 18. The van der Waals surface area contributed by atoms with E-state index in [1.807, 2.05) is 0 Å². The van der Waals surface area contributed by atoms with Crippen LogP contribution in [0.2, 0.25) is 0 Å². The zero-order valence-electron chi connectivity index (χ0n) is 35.5. The standard InChI is InChI=1S/C61H45N/c1-59(2)51-23-11-9-21-46(51)48-33-30-39(36-57(48)59)62(38-29-32-45-43-19-6-5-17-41(43)42-18-7-8-20-44(42)50(45)35-38)40-31-34-49-47-22-10-12-24-52(47)61(58(49)37-40)55-27-15-13-25-53(55)60(3,4)54-26-14-16-28-56(54)61/h5-37H,1-4H3. The lowest BCUT2D eigenvalue weighted by atomic mass is 9.55. The van der Waals surface area contributed by atoms with Gasteiger partial charge in [-0.3, -0.25) is 0 Å². The average molecular weight is 792 g/mol. The molecule has 0 radical (unpaired) electrons. The Hall–Kier alpha value is -7.22. The monoisotopic (exact) mass is 791 g/mol. The summed E-state index contributed by atoms with van der Waals surface area (Å²) in [6, 6.07) is 76.1. The Morgan fingerprint density at radius 3 is 1.19 bits per heavy atom. The minimum atomic E-state index is -0.490. The van der Waals surface area contributed by atoms with Crippen molar-refractivity contribution in [2.24, 2.45) is 0 Å². The van der Waals surface area contributed by atoms with E-state index in [9.17, 15) is 0 Å². The normalized spacial score (nSPS) is 15.5. The highest BCUT2D eigenvalue weighted by Gasteiger charge is 2.53. The van der Waals surface area contributed by atoms with Crippen LogP contribution >= 0.6 is 0 Å². The predicted molar refractivity (Wildman–Crippen MR) is 261 cm³/mol. The molecule has 1 spiro atoms. The molecule has 13 rings (SSSR count). The van der Waals surface area contributed by atoms with Crippen molar-refractivity contribution in [2.75, 3.05) is 4.90 Å². The molecule has 10 aromatic rings. The van der Waals surface area contributed by atoms with Crippen molar-refractivity contribution in [2.45, 2.75) is 43.9 Å². The second-order valence-electron chi connectivity index (χ2n) is 18.8. The summed E-state index contributed by atoms with van der Waals surface area (Å²) in [5.41, 5.74) is 18.9. The highest BCUT2D eigenvalue weighted by atomic mass is 15.1. The molecule has 0 saturated carbocycles. The molecule has 0 aromatic heterocycles. The molecule has 3 aliphatic rings. The van der Waals surface area contributed by atoms with Crippen molar-refractivity contribution < 1.29 is 0 Å². The van der Waals surface area contributed by atoms with Crippen molar-refractivity contribution in [3.05, 3.63) is 245 Å². The molecule has 62 heavy (non-hydrogen) atoms. The van der Waals surface area contributed by atoms with E-state index in [4.69, 9.17) is 0 Å². The zero-order chi connectivity index (χ0) is 41.5. The average Bonchev–Trinajstić information content (AvgIpc) is 3.73. The lowest BCUT2D eigenvalue weighted by molar-refractivity contribution is 0.563. The van der Waals surface area contributed by atoms with Gasteiger partial charge >= 0.3 is 0 Å². The van der Waals surface area contributed by atoms with Crippen LogP contribution in [0, 0.1) is 0 Å². The second-order valence-corrected chi connectivity index (χ2v) is 18.8. The van der Waals surface area contributed by atoms with Crippen LogP contribution in [-0.2, 0) is 16.2 Å². The number of benzene rings is 10. The SMILES string of the molecule is CC1(C)c2ccccc2-c2ccc(N(c3ccc4c(c3)C3(c5ccccc5-4)c4ccccc4C(C)(C)c4ccccc43)c3ccc4c5ccccc5c5ccccc5c4c3)cc21. The molecule has 0 N–H and O–H groups in total. The summed E-state index contributed by atoms with van der Waals surface area (Å²) in [5.74, 6) is 0. The molecule has 0 unspecified atom stereocenters. The first-order valence-electron chi connectivity index (χ1n) is 22.1. The molecule has 294 valence electrons. The van der Waals surface area contributed by atoms with E-state index in [0.717, 1.165) is 17.1 Å². The van der Waals surface area contributed by atoms with Gasteiger partial charge in [0.15, 0.2) is 0 Å². The third-order valence-electron chi connectivity index (χ3n) is 15.1. The Bertz CT molecular complexity index is 3460. The van der Waals surface area contributed by atoms with Gasteiger partial charge in [0.25, 0.3) is 0 Å². The van der Waals surface area contributed by atoms with Crippen LogP contribution in [-0.4, -0.2) is 0 Å². The van der Waals surface area contributed by atoms with Crippen LogP contribution in [0.5, 0.6) is 0 Å². The van der Waals surface area contributed by atoms with Crippen molar-refractivity contribution >= 4 is 49.4 Å². The lowest BCUT2D eigenvalue weighted by Crippen LogP contribution is -2.40. The fourth-order valence-electron chi connectivity index (χ4n) is 12.3. The van der Waals surface area contributed by atoms with Gasteiger partial charge in [-0.15, -0.1) is 0 Å². The van der Waals surface area contributed by atoms with Crippen LogP contribution in [0.4, 0.5) is 17.1 Å². The summed E-state index contributed by atoms with van der Waals surface area (Å²) in [6.45, 7) is 9.57. The van der Waals surface area contributed by atoms with Gasteiger partial charge in [0.05, 0.1) is 5.41 Å². The van der Waals surface area contributed by atoms with Gasteiger partial charge in [-0.2, -0.15) is 0 Å². The van der Waals surface area contributed by atoms with Gasteiger partial charge < -0.3 is 4.90 Å². The third-order valence-corrected chi connectivity index (χ3v) is 15.1. The molecule has 3 aliphatic carbocycles. The Labute approximate surface area is 363 Å². The molecule has 0 aliphatic heterocycles. The van der Waals surface area contributed by atoms with E-state index in [1.54, 1.807) is 0 Å². The van der Waals surface area contributed by atoms with E-state index >= 15 is 0 Å². The molecule has 1 nitrogen and oxygen atoms in total. The van der Waals surface area contributed by atoms with Crippen molar-refractivity contribution in [3.63, 3.8) is 0 Å². The first-order chi connectivity index (χ1) is 30.3. The molecular weight excluding hydrogens is 747 g/mol. The van der Waals surface area contributed by atoms with Crippen LogP contribution in [0.1, 0.15) is 72.2 Å².